The van der Waals surface area contributed by atoms with Crippen molar-refractivity contribution in [2.75, 3.05) is 19.6 Å². The quantitative estimate of drug-likeness (QED) is 0.665. The molecule has 6 heteroatoms. The standard InChI is InChI=1S/C15H20N2O4/c1-15(14(18)19)8-4-9-16(11-15)10-7-12-5-2-3-6-13(12)17(20)21/h2-3,5-6H,4,7-11H2,1H3,(H,18,19). The minimum absolute atomic E-state index is 0.135. The number of carboxylic acids is 1. The SMILES string of the molecule is CC1(C(=O)O)CCCN(CCc2ccccc2[N+](=O)[O-])C1. The Morgan fingerprint density at radius 2 is 2.19 bits per heavy atom. The van der Waals surface area contributed by atoms with Gasteiger partial charge in [0.05, 0.1) is 10.3 Å². The number of aliphatic carboxylic acids is 1. The summed E-state index contributed by atoms with van der Waals surface area (Å²) in [4.78, 5) is 24.0. The zero-order valence-corrected chi connectivity index (χ0v) is 12.1. The van der Waals surface area contributed by atoms with Crippen molar-refractivity contribution in [2.45, 2.75) is 26.2 Å². The number of nitrogens with zero attached hydrogens (tertiary/aromatic N) is 2. The second kappa shape index (κ2) is 6.22. The van der Waals surface area contributed by atoms with E-state index in [0.717, 1.165) is 13.0 Å². The van der Waals surface area contributed by atoms with E-state index in [4.69, 9.17) is 0 Å². The van der Waals surface area contributed by atoms with Crippen LogP contribution in [-0.4, -0.2) is 40.5 Å². The van der Waals surface area contributed by atoms with Crippen LogP contribution in [0.4, 0.5) is 5.69 Å². The Bertz CT molecular complexity index is 546. The molecular formula is C15H20N2O4. The number of para-hydroxylation sites is 1. The summed E-state index contributed by atoms with van der Waals surface area (Å²) in [6.07, 6.45) is 2.09. The smallest absolute Gasteiger partial charge is 0.310 e. The van der Waals surface area contributed by atoms with E-state index in [1.165, 1.54) is 6.07 Å². The number of rotatable bonds is 5. The van der Waals surface area contributed by atoms with Gasteiger partial charge in [-0.25, -0.2) is 0 Å². The molecule has 1 aromatic carbocycles. The second-order valence-corrected chi connectivity index (χ2v) is 5.88. The Balaban J connectivity index is 2.00. The molecule has 6 nitrogen and oxygen atoms in total. The van der Waals surface area contributed by atoms with Crippen LogP contribution in [0.25, 0.3) is 0 Å². The Morgan fingerprint density at radius 1 is 1.48 bits per heavy atom. The molecule has 1 aromatic rings. The fourth-order valence-corrected chi connectivity index (χ4v) is 2.89. The molecule has 0 aromatic heterocycles. The summed E-state index contributed by atoms with van der Waals surface area (Å²) in [5.41, 5.74) is 0.126. The minimum atomic E-state index is -0.766. The van der Waals surface area contributed by atoms with Gasteiger partial charge in [0.15, 0.2) is 0 Å². The number of carboxylic acid groups (broad SMARTS) is 1. The van der Waals surface area contributed by atoms with Crippen molar-refractivity contribution >= 4 is 11.7 Å². The van der Waals surface area contributed by atoms with Crippen molar-refractivity contribution < 1.29 is 14.8 Å². The van der Waals surface area contributed by atoms with Crippen molar-refractivity contribution in [1.82, 2.24) is 4.90 Å². The minimum Gasteiger partial charge on any atom is -0.481 e. The number of nitro groups is 1. The van der Waals surface area contributed by atoms with E-state index in [1.807, 2.05) is 0 Å². The maximum Gasteiger partial charge on any atom is 0.310 e. The van der Waals surface area contributed by atoms with Gasteiger partial charge in [-0.15, -0.1) is 0 Å². The summed E-state index contributed by atoms with van der Waals surface area (Å²) < 4.78 is 0. The molecule has 1 fully saturated rings. The fraction of sp³-hybridized carbons (Fsp3) is 0.533. The first-order chi connectivity index (χ1) is 9.92. The number of nitro benzene ring substituents is 1. The van der Waals surface area contributed by atoms with Crippen LogP contribution in [0, 0.1) is 15.5 Å². The maximum absolute atomic E-state index is 11.3. The van der Waals surface area contributed by atoms with Crippen molar-refractivity contribution in [2.24, 2.45) is 5.41 Å². The van der Waals surface area contributed by atoms with E-state index in [9.17, 15) is 20.0 Å². The number of likely N-dealkylation sites (tertiary alicyclic amines) is 1. The zero-order valence-electron chi connectivity index (χ0n) is 12.1. The first-order valence-electron chi connectivity index (χ1n) is 7.10. The molecule has 0 aliphatic carbocycles. The van der Waals surface area contributed by atoms with E-state index < -0.39 is 11.4 Å². The second-order valence-electron chi connectivity index (χ2n) is 5.88. The lowest BCUT2D eigenvalue weighted by Crippen LogP contribution is -2.46. The molecule has 1 aliphatic heterocycles. The Morgan fingerprint density at radius 3 is 2.86 bits per heavy atom. The first kappa shape index (κ1) is 15.4. The van der Waals surface area contributed by atoms with E-state index in [-0.39, 0.29) is 10.6 Å². The topological polar surface area (TPSA) is 83.7 Å². The number of carbonyl (C=O) groups is 1. The molecule has 0 amide bonds. The summed E-state index contributed by atoms with van der Waals surface area (Å²) in [5, 5.41) is 20.3. The van der Waals surface area contributed by atoms with Gasteiger partial charge in [0.1, 0.15) is 0 Å². The Hall–Kier alpha value is -1.95. The third-order valence-electron chi connectivity index (χ3n) is 4.18. The number of piperidine rings is 1. The predicted octanol–water partition coefficient (Wildman–Crippen LogP) is 2.32. The van der Waals surface area contributed by atoms with Gasteiger partial charge in [-0.1, -0.05) is 18.2 Å². The Labute approximate surface area is 123 Å². The molecule has 21 heavy (non-hydrogen) atoms. The van der Waals surface area contributed by atoms with Crippen LogP contribution < -0.4 is 0 Å². The summed E-state index contributed by atoms with van der Waals surface area (Å²) in [6, 6.07) is 6.72. The molecular weight excluding hydrogens is 272 g/mol. The molecule has 1 heterocycles. The first-order valence-corrected chi connectivity index (χ1v) is 7.10. The highest BCUT2D eigenvalue weighted by Crippen LogP contribution is 2.30. The third-order valence-corrected chi connectivity index (χ3v) is 4.18. The fourth-order valence-electron chi connectivity index (χ4n) is 2.89. The molecule has 0 bridgehead atoms. The molecule has 0 radical (unpaired) electrons. The average molecular weight is 292 g/mol. The highest BCUT2D eigenvalue weighted by Gasteiger charge is 2.37. The molecule has 1 N–H and O–H groups in total. The van der Waals surface area contributed by atoms with Crippen LogP contribution in [0.1, 0.15) is 25.3 Å². The van der Waals surface area contributed by atoms with Gasteiger partial charge in [0.2, 0.25) is 0 Å². The molecule has 2 rings (SSSR count). The van der Waals surface area contributed by atoms with Crippen LogP contribution in [0.3, 0.4) is 0 Å². The number of benzene rings is 1. The predicted molar refractivity (Wildman–Crippen MR) is 78.2 cm³/mol. The van der Waals surface area contributed by atoms with Gasteiger partial charge in [-0.3, -0.25) is 14.9 Å². The van der Waals surface area contributed by atoms with Gasteiger partial charge in [-0.05, 0) is 32.7 Å². The van der Waals surface area contributed by atoms with Gasteiger partial charge in [0, 0.05) is 24.7 Å². The van der Waals surface area contributed by atoms with Crippen molar-refractivity contribution in [1.29, 1.82) is 0 Å². The average Bonchev–Trinajstić information content (AvgIpc) is 2.45. The zero-order chi connectivity index (χ0) is 15.5. The van der Waals surface area contributed by atoms with Crippen LogP contribution in [0.5, 0.6) is 0 Å². The number of hydrogen-bond donors (Lipinski definition) is 1. The van der Waals surface area contributed by atoms with Crippen LogP contribution >= 0.6 is 0 Å². The molecule has 1 unspecified atom stereocenters. The lowest BCUT2D eigenvalue weighted by molar-refractivity contribution is -0.385. The van der Waals surface area contributed by atoms with Crippen molar-refractivity contribution in [3.63, 3.8) is 0 Å². The van der Waals surface area contributed by atoms with Gasteiger partial charge in [-0.2, -0.15) is 0 Å². The monoisotopic (exact) mass is 292 g/mol. The van der Waals surface area contributed by atoms with Gasteiger partial charge >= 0.3 is 5.97 Å². The molecule has 0 spiro atoms. The van der Waals surface area contributed by atoms with Gasteiger partial charge in [0.25, 0.3) is 5.69 Å². The van der Waals surface area contributed by atoms with E-state index in [2.05, 4.69) is 4.90 Å². The normalized spacial score (nSPS) is 22.9. The molecule has 114 valence electrons. The van der Waals surface area contributed by atoms with Gasteiger partial charge < -0.3 is 10.0 Å². The van der Waals surface area contributed by atoms with Crippen LogP contribution in [0.2, 0.25) is 0 Å². The van der Waals surface area contributed by atoms with E-state index in [0.29, 0.717) is 31.5 Å². The maximum atomic E-state index is 11.3. The number of hydrogen-bond acceptors (Lipinski definition) is 4. The van der Waals surface area contributed by atoms with Crippen LogP contribution in [0.15, 0.2) is 24.3 Å². The van der Waals surface area contributed by atoms with Crippen molar-refractivity contribution in [3.05, 3.63) is 39.9 Å². The lowest BCUT2D eigenvalue weighted by atomic mass is 9.82. The third kappa shape index (κ3) is 3.58. The largest absolute Gasteiger partial charge is 0.481 e. The summed E-state index contributed by atoms with van der Waals surface area (Å²) >= 11 is 0. The van der Waals surface area contributed by atoms with Crippen molar-refractivity contribution in [3.8, 4) is 0 Å². The lowest BCUT2D eigenvalue weighted by Gasteiger charge is -2.37. The summed E-state index contributed by atoms with van der Waals surface area (Å²) in [7, 11) is 0. The summed E-state index contributed by atoms with van der Waals surface area (Å²) in [5.74, 6) is -0.766. The molecule has 1 saturated heterocycles. The van der Waals surface area contributed by atoms with Crippen LogP contribution in [-0.2, 0) is 11.2 Å². The molecule has 1 aliphatic rings. The molecule has 0 saturated carbocycles. The highest BCUT2D eigenvalue weighted by atomic mass is 16.6. The van der Waals surface area contributed by atoms with E-state index >= 15 is 0 Å². The summed E-state index contributed by atoms with van der Waals surface area (Å²) in [6.45, 7) is 3.77. The highest BCUT2D eigenvalue weighted by molar-refractivity contribution is 5.74. The Kier molecular flexibility index (Phi) is 4.57. The van der Waals surface area contributed by atoms with E-state index in [1.54, 1.807) is 25.1 Å². The molecule has 1 atom stereocenters.